The largest absolute Gasteiger partial charge is 0.192 e. The van der Waals surface area contributed by atoms with E-state index in [9.17, 15) is 0 Å². The van der Waals surface area contributed by atoms with Gasteiger partial charge in [-0.15, -0.1) is 0 Å². The fraction of sp³-hybridized carbons (Fsp3) is 0.250. The minimum Gasteiger partial charge on any atom is -0.192 e. The van der Waals surface area contributed by atoms with Crippen molar-refractivity contribution < 1.29 is 0 Å². The molecule has 0 bridgehead atoms. The Labute approximate surface area is 92.2 Å². The fourth-order valence-electron chi connectivity index (χ4n) is 1.90. The summed E-state index contributed by atoms with van der Waals surface area (Å²) < 4.78 is 0.994. The lowest BCUT2D eigenvalue weighted by molar-refractivity contribution is 0.675. The molecule has 2 heteroatoms. The van der Waals surface area contributed by atoms with E-state index in [1.54, 1.807) is 0 Å². The lowest BCUT2D eigenvalue weighted by atomic mass is 9.87. The fourth-order valence-corrected chi connectivity index (χ4v) is 2.42. The van der Waals surface area contributed by atoms with E-state index in [1.165, 1.54) is 5.56 Å². The smallest absolute Gasteiger partial charge is 0.101 e. The zero-order valence-electron chi connectivity index (χ0n) is 8.13. The molecule has 0 heterocycles. The van der Waals surface area contributed by atoms with Crippen molar-refractivity contribution in [1.82, 2.24) is 0 Å². The highest BCUT2D eigenvalue weighted by Crippen LogP contribution is 2.48. The first-order valence-electron chi connectivity index (χ1n) is 4.49. The van der Waals surface area contributed by atoms with Crippen LogP contribution in [0, 0.1) is 11.3 Å². The lowest BCUT2D eigenvalue weighted by Crippen LogP contribution is -2.13. The first kappa shape index (κ1) is 9.48. The highest BCUT2D eigenvalue weighted by atomic mass is 79.9. The molecule has 0 aromatic heterocycles. The van der Waals surface area contributed by atoms with E-state index in [-0.39, 0.29) is 5.41 Å². The lowest BCUT2D eigenvalue weighted by Gasteiger charge is -2.20. The van der Waals surface area contributed by atoms with E-state index < -0.39 is 0 Å². The third-order valence-corrected chi connectivity index (χ3v) is 4.14. The van der Waals surface area contributed by atoms with Crippen molar-refractivity contribution >= 4 is 21.5 Å². The summed E-state index contributed by atoms with van der Waals surface area (Å²) in [6, 6.07) is 10.3. The van der Waals surface area contributed by atoms with Gasteiger partial charge in [0.2, 0.25) is 0 Å². The molecule has 0 amide bonds. The standard InChI is InChI=1S/C12H10BrN/c1-12(2)10-6-4-3-5-8(10)9(7-14)11(12)13/h3-6H,1-2H3. The summed E-state index contributed by atoms with van der Waals surface area (Å²) in [5, 5.41) is 9.08. The quantitative estimate of drug-likeness (QED) is 0.688. The Hall–Kier alpha value is -1.07. The van der Waals surface area contributed by atoms with Crippen LogP contribution in [0.2, 0.25) is 0 Å². The van der Waals surface area contributed by atoms with Crippen LogP contribution in [0.4, 0.5) is 0 Å². The number of halogens is 1. The number of nitrogens with zero attached hydrogens (tertiary/aromatic N) is 1. The molecular formula is C12H10BrN. The van der Waals surface area contributed by atoms with Crippen LogP contribution in [0.5, 0.6) is 0 Å². The number of allylic oxidation sites excluding steroid dienone is 2. The molecule has 0 fully saturated rings. The van der Waals surface area contributed by atoms with Crippen molar-refractivity contribution in [2.45, 2.75) is 19.3 Å². The maximum Gasteiger partial charge on any atom is 0.101 e. The van der Waals surface area contributed by atoms with Crippen LogP contribution in [-0.4, -0.2) is 0 Å². The van der Waals surface area contributed by atoms with Gasteiger partial charge in [-0.25, -0.2) is 0 Å². The molecule has 0 radical (unpaired) electrons. The van der Waals surface area contributed by atoms with Crippen molar-refractivity contribution in [3.63, 3.8) is 0 Å². The Kier molecular flexibility index (Phi) is 2.01. The van der Waals surface area contributed by atoms with Crippen molar-refractivity contribution in [2.24, 2.45) is 0 Å². The Morgan fingerprint density at radius 3 is 2.57 bits per heavy atom. The van der Waals surface area contributed by atoms with Crippen LogP contribution >= 0.6 is 15.9 Å². The second-order valence-electron chi connectivity index (χ2n) is 3.97. The summed E-state index contributed by atoms with van der Waals surface area (Å²) in [5.41, 5.74) is 2.99. The van der Waals surface area contributed by atoms with Gasteiger partial charge in [0.05, 0.1) is 5.57 Å². The second-order valence-corrected chi connectivity index (χ2v) is 4.76. The summed E-state index contributed by atoms with van der Waals surface area (Å²) in [7, 11) is 0. The van der Waals surface area contributed by atoms with E-state index in [0.717, 1.165) is 15.6 Å². The van der Waals surface area contributed by atoms with Gasteiger partial charge in [0.1, 0.15) is 6.07 Å². The Bertz CT molecular complexity index is 463. The summed E-state index contributed by atoms with van der Waals surface area (Å²) in [5.74, 6) is 0. The number of rotatable bonds is 0. The van der Waals surface area contributed by atoms with E-state index in [2.05, 4.69) is 41.9 Å². The number of benzene rings is 1. The Balaban J connectivity index is 2.78. The number of hydrogen-bond acceptors (Lipinski definition) is 1. The van der Waals surface area contributed by atoms with Crippen LogP contribution in [-0.2, 0) is 5.41 Å². The van der Waals surface area contributed by atoms with E-state index in [4.69, 9.17) is 5.26 Å². The SMILES string of the molecule is CC1(C)C(Br)=C(C#N)c2ccccc21. The third kappa shape index (κ3) is 1.06. The molecule has 1 aromatic rings. The average Bonchev–Trinajstić information content (AvgIpc) is 2.37. The molecule has 1 aliphatic carbocycles. The molecule has 1 aliphatic rings. The molecule has 1 aromatic carbocycles. The van der Waals surface area contributed by atoms with Gasteiger partial charge in [-0.05, 0) is 11.1 Å². The van der Waals surface area contributed by atoms with Gasteiger partial charge in [0.25, 0.3) is 0 Å². The van der Waals surface area contributed by atoms with Gasteiger partial charge in [-0.2, -0.15) is 5.26 Å². The molecule has 2 rings (SSSR count). The first-order valence-corrected chi connectivity index (χ1v) is 5.28. The molecule has 0 atom stereocenters. The molecule has 0 aliphatic heterocycles. The van der Waals surface area contributed by atoms with E-state index >= 15 is 0 Å². The van der Waals surface area contributed by atoms with Crippen LogP contribution in [0.15, 0.2) is 28.7 Å². The predicted molar refractivity (Wildman–Crippen MR) is 60.9 cm³/mol. The number of nitriles is 1. The zero-order valence-corrected chi connectivity index (χ0v) is 9.72. The van der Waals surface area contributed by atoms with E-state index in [1.807, 2.05) is 18.2 Å². The van der Waals surface area contributed by atoms with Crippen LogP contribution in [0.1, 0.15) is 25.0 Å². The summed E-state index contributed by atoms with van der Waals surface area (Å²) in [6.45, 7) is 4.25. The Morgan fingerprint density at radius 1 is 1.29 bits per heavy atom. The topological polar surface area (TPSA) is 23.8 Å². The second kappa shape index (κ2) is 2.96. The van der Waals surface area contributed by atoms with Gasteiger partial charge in [-0.3, -0.25) is 0 Å². The molecule has 14 heavy (non-hydrogen) atoms. The number of hydrogen-bond donors (Lipinski definition) is 0. The first-order chi connectivity index (χ1) is 6.59. The highest BCUT2D eigenvalue weighted by Gasteiger charge is 2.36. The van der Waals surface area contributed by atoms with Crippen LogP contribution in [0.25, 0.3) is 5.57 Å². The van der Waals surface area contributed by atoms with Gasteiger partial charge in [0, 0.05) is 9.90 Å². The normalized spacial score (nSPS) is 17.9. The summed E-state index contributed by atoms with van der Waals surface area (Å²) in [6.07, 6.45) is 0. The zero-order chi connectivity index (χ0) is 10.3. The molecule has 0 N–H and O–H groups in total. The van der Waals surface area contributed by atoms with Crippen LogP contribution < -0.4 is 0 Å². The van der Waals surface area contributed by atoms with Crippen molar-refractivity contribution in [3.05, 3.63) is 39.9 Å². The predicted octanol–water partition coefficient (Wildman–Crippen LogP) is 3.61. The van der Waals surface area contributed by atoms with Gasteiger partial charge < -0.3 is 0 Å². The van der Waals surface area contributed by atoms with Crippen molar-refractivity contribution in [3.8, 4) is 6.07 Å². The third-order valence-electron chi connectivity index (χ3n) is 2.75. The highest BCUT2D eigenvalue weighted by molar-refractivity contribution is 9.12. The molecule has 0 saturated carbocycles. The maximum absolute atomic E-state index is 9.08. The molecule has 70 valence electrons. The minimum atomic E-state index is -0.0678. The molecule has 1 nitrogen and oxygen atoms in total. The van der Waals surface area contributed by atoms with Gasteiger partial charge in [-0.1, -0.05) is 54.0 Å². The number of fused-ring (bicyclic) bond motifs is 1. The van der Waals surface area contributed by atoms with Gasteiger partial charge in [0.15, 0.2) is 0 Å². The average molecular weight is 248 g/mol. The van der Waals surface area contributed by atoms with Crippen molar-refractivity contribution in [2.75, 3.05) is 0 Å². The monoisotopic (exact) mass is 247 g/mol. The molecule has 0 saturated heterocycles. The summed E-state index contributed by atoms with van der Waals surface area (Å²) in [4.78, 5) is 0. The molecule has 0 spiro atoms. The Morgan fingerprint density at radius 2 is 1.93 bits per heavy atom. The molecular weight excluding hydrogens is 238 g/mol. The summed E-state index contributed by atoms with van der Waals surface area (Å²) >= 11 is 3.52. The minimum absolute atomic E-state index is 0.0678. The van der Waals surface area contributed by atoms with Gasteiger partial charge >= 0.3 is 0 Å². The van der Waals surface area contributed by atoms with Crippen molar-refractivity contribution in [1.29, 1.82) is 5.26 Å². The molecule has 0 unspecified atom stereocenters. The maximum atomic E-state index is 9.08. The van der Waals surface area contributed by atoms with E-state index in [0.29, 0.717) is 0 Å². The van der Waals surface area contributed by atoms with Crippen LogP contribution in [0.3, 0.4) is 0 Å².